The smallest absolute Gasteiger partial charge is 0.239 e. The van der Waals surface area contributed by atoms with Gasteiger partial charge in [0.05, 0.1) is 6.54 Å². The summed E-state index contributed by atoms with van der Waals surface area (Å²) in [6, 6.07) is 0. The Hall–Kier alpha value is -1.59. The number of nitrogens with zero attached hydrogens (tertiary/aromatic N) is 1. The minimum Gasteiger partial charge on any atom is -0.354 e. The molecule has 0 spiro atoms. The SMILES string of the molecule is O=C(CCN1CCCCC1=O)NCC(=O)NCC1CCC1. The van der Waals surface area contributed by atoms with E-state index in [2.05, 4.69) is 10.6 Å². The number of likely N-dealkylation sites (tertiary alicyclic amines) is 1. The van der Waals surface area contributed by atoms with Gasteiger partial charge in [-0.2, -0.15) is 0 Å². The van der Waals surface area contributed by atoms with Crippen molar-refractivity contribution >= 4 is 17.7 Å². The Kier molecular flexibility index (Phi) is 6.02. The van der Waals surface area contributed by atoms with Crippen LogP contribution in [0.25, 0.3) is 0 Å². The van der Waals surface area contributed by atoms with E-state index in [0.29, 0.717) is 18.9 Å². The monoisotopic (exact) mass is 295 g/mol. The molecule has 1 aliphatic carbocycles. The van der Waals surface area contributed by atoms with Crippen LogP contribution in [0.1, 0.15) is 44.9 Å². The second kappa shape index (κ2) is 8.00. The van der Waals surface area contributed by atoms with E-state index in [0.717, 1.165) is 25.9 Å². The number of hydrogen-bond acceptors (Lipinski definition) is 3. The van der Waals surface area contributed by atoms with Gasteiger partial charge in [0.25, 0.3) is 0 Å². The van der Waals surface area contributed by atoms with Crippen molar-refractivity contribution in [1.29, 1.82) is 0 Å². The molecule has 2 fully saturated rings. The van der Waals surface area contributed by atoms with Crippen molar-refractivity contribution in [2.45, 2.75) is 44.9 Å². The van der Waals surface area contributed by atoms with Crippen LogP contribution in [0.5, 0.6) is 0 Å². The van der Waals surface area contributed by atoms with Crippen LogP contribution in [0, 0.1) is 5.92 Å². The molecule has 0 atom stereocenters. The van der Waals surface area contributed by atoms with E-state index in [4.69, 9.17) is 0 Å². The molecule has 1 aliphatic heterocycles. The molecular weight excluding hydrogens is 270 g/mol. The van der Waals surface area contributed by atoms with E-state index in [1.807, 2.05) is 0 Å². The molecule has 0 aromatic heterocycles. The molecule has 0 aromatic carbocycles. The molecule has 1 saturated heterocycles. The number of hydrogen-bond donors (Lipinski definition) is 2. The molecule has 2 aliphatic rings. The lowest BCUT2D eigenvalue weighted by Gasteiger charge is -2.26. The largest absolute Gasteiger partial charge is 0.354 e. The van der Waals surface area contributed by atoms with Crippen molar-refractivity contribution in [3.8, 4) is 0 Å². The highest BCUT2D eigenvalue weighted by Crippen LogP contribution is 2.24. The van der Waals surface area contributed by atoms with Gasteiger partial charge >= 0.3 is 0 Å². The van der Waals surface area contributed by atoms with Gasteiger partial charge in [-0.1, -0.05) is 6.42 Å². The maximum absolute atomic E-state index is 11.7. The molecular formula is C15H25N3O3. The van der Waals surface area contributed by atoms with Gasteiger partial charge in [0, 0.05) is 32.5 Å². The second-order valence-corrected chi connectivity index (χ2v) is 5.97. The van der Waals surface area contributed by atoms with E-state index < -0.39 is 0 Å². The van der Waals surface area contributed by atoms with Crippen LogP contribution >= 0.6 is 0 Å². The lowest BCUT2D eigenvalue weighted by Crippen LogP contribution is -2.41. The first-order chi connectivity index (χ1) is 10.1. The van der Waals surface area contributed by atoms with Crippen molar-refractivity contribution in [2.24, 2.45) is 5.92 Å². The molecule has 2 rings (SSSR count). The van der Waals surface area contributed by atoms with Crippen molar-refractivity contribution < 1.29 is 14.4 Å². The third-order valence-electron chi connectivity index (χ3n) is 4.29. The molecule has 6 heteroatoms. The van der Waals surface area contributed by atoms with Crippen LogP contribution in [-0.2, 0) is 14.4 Å². The zero-order valence-corrected chi connectivity index (χ0v) is 12.5. The first-order valence-electron chi connectivity index (χ1n) is 7.96. The fourth-order valence-electron chi connectivity index (χ4n) is 2.62. The van der Waals surface area contributed by atoms with Crippen molar-refractivity contribution in [2.75, 3.05) is 26.2 Å². The minimum absolute atomic E-state index is 0.0273. The lowest BCUT2D eigenvalue weighted by atomic mass is 9.85. The molecule has 6 nitrogen and oxygen atoms in total. The Labute approximate surface area is 125 Å². The Morgan fingerprint density at radius 1 is 1.10 bits per heavy atom. The third-order valence-corrected chi connectivity index (χ3v) is 4.29. The van der Waals surface area contributed by atoms with Crippen molar-refractivity contribution in [3.05, 3.63) is 0 Å². The summed E-state index contributed by atoms with van der Waals surface area (Å²) in [7, 11) is 0. The average molecular weight is 295 g/mol. The van der Waals surface area contributed by atoms with Gasteiger partial charge < -0.3 is 15.5 Å². The van der Waals surface area contributed by atoms with Gasteiger partial charge in [-0.3, -0.25) is 14.4 Å². The maximum Gasteiger partial charge on any atom is 0.239 e. The Bertz CT molecular complexity index is 394. The van der Waals surface area contributed by atoms with Crippen LogP contribution in [0.4, 0.5) is 0 Å². The number of amides is 3. The Balaban J connectivity index is 1.54. The molecule has 21 heavy (non-hydrogen) atoms. The van der Waals surface area contributed by atoms with Gasteiger partial charge in [-0.15, -0.1) is 0 Å². The summed E-state index contributed by atoms with van der Waals surface area (Å²) in [5, 5.41) is 5.44. The molecule has 0 aromatic rings. The van der Waals surface area contributed by atoms with Gasteiger partial charge in [0.15, 0.2) is 0 Å². The number of nitrogens with one attached hydrogen (secondary N) is 2. The first-order valence-corrected chi connectivity index (χ1v) is 7.96. The van der Waals surface area contributed by atoms with Gasteiger partial charge in [0.1, 0.15) is 0 Å². The highest BCUT2D eigenvalue weighted by molar-refractivity contribution is 5.85. The van der Waals surface area contributed by atoms with Crippen molar-refractivity contribution in [3.63, 3.8) is 0 Å². The fraction of sp³-hybridized carbons (Fsp3) is 0.800. The predicted octanol–water partition coefficient (Wildman–Crippen LogP) is 0.422. The summed E-state index contributed by atoms with van der Waals surface area (Å²) in [5.41, 5.74) is 0. The molecule has 1 saturated carbocycles. The van der Waals surface area contributed by atoms with E-state index in [1.54, 1.807) is 4.90 Å². The highest BCUT2D eigenvalue weighted by atomic mass is 16.2. The summed E-state index contributed by atoms with van der Waals surface area (Å²) in [6.45, 7) is 1.94. The van der Waals surface area contributed by atoms with Crippen LogP contribution in [0.15, 0.2) is 0 Å². The molecule has 1 heterocycles. The van der Waals surface area contributed by atoms with E-state index in [1.165, 1.54) is 19.3 Å². The summed E-state index contributed by atoms with van der Waals surface area (Å²) < 4.78 is 0. The minimum atomic E-state index is -0.174. The van der Waals surface area contributed by atoms with E-state index in [-0.39, 0.29) is 30.7 Å². The number of carbonyl (C=O) groups excluding carboxylic acids is 3. The standard InChI is InChI=1S/C15H25N3O3/c19-13(7-9-18-8-2-1-6-15(18)21)17-11-14(20)16-10-12-4-3-5-12/h12H,1-11H2,(H,16,20)(H,17,19). The van der Waals surface area contributed by atoms with Crippen LogP contribution in [0.2, 0.25) is 0 Å². The van der Waals surface area contributed by atoms with Crippen LogP contribution < -0.4 is 10.6 Å². The first kappa shape index (κ1) is 15.8. The highest BCUT2D eigenvalue weighted by Gasteiger charge is 2.19. The summed E-state index contributed by atoms with van der Waals surface area (Å²) in [5.74, 6) is 0.443. The zero-order chi connectivity index (χ0) is 15.1. The van der Waals surface area contributed by atoms with Crippen LogP contribution in [-0.4, -0.2) is 48.8 Å². The summed E-state index contributed by atoms with van der Waals surface area (Å²) in [6.07, 6.45) is 6.45. The maximum atomic E-state index is 11.7. The molecule has 0 unspecified atom stereocenters. The van der Waals surface area contributed by atoms with Crippen molar-refractivity contribution in [1.82, 2.24) is 15.5 Å². The summed E-state index contributed by atoms with van der Waals surface area (Å²) in [4.78, 5) is 36.6. The fourth-order valence-corrected chi connectivity index (χ4v) is 2.62. The van der Waals surface area contributed by atoms with Gasteiger partial charge in [-0.05, 0) is 31.6 Å². The van der Waals surface area contributed by atoms with Gasteiger partial charge in [0.2, 0.25) is 17.7 Å². The number of carbonyl (C=O) groups is 3. The molecule has 118 valence electrons. The predicted molar refractivity (Wildman–Crippen MR) is 78.4 cm³/mol. The van der Waals surface area contributed by atoms with Crippen LogP contribution in [0.3, 0.4) is 0 Å². The Morgan fingerprint density at radius 3 is 2.57 bits per heavy atom. The van der Waals surface area contributed by atoms with E-state index in [9.17, 15) is 14.4 Å². The average Bonchev–Trinajstić information content (AvgIpc) is 2.42. The molecule has 3 amide bonds. The quantitative estimate of drug-likeness (QED) is 0.714. The molecule has 2 N–H and O–H groups in total. The summed E-state index contributed by atoms with van der Waals surface area (Å²) >= 11 is 0. The number of piperidine rings is 1. The molecule has 0 bridgehead atoms. The third kappa shape index (κ3) is 5.36. The lowest BCUT2D eigenvalue weighted by molar-refractivity contribution is -0.134. The Morgan fingerprint density at radius 2 is 1.90 bits per heavy atom. The second-order valence-electron chi connectivity index (χ2n) is 5.97. The van der Waals surface area contributed by atoms with E-state index >= 15 is 0 Å². The zero-order valence-electron chi connectivity index (χ0n) is 12.5. The topological polar surface area (TPSA) is 78.5 Å². The normalized spacial score (nSPS) is 19.0. The number of rotatable bonds is 7. The molecule has 0 radical (unpaired) electrons. The van der Waals surface area contributed by atoms with Gasteiger partial charge in [-0.25, -0.2) is 0 Å².